The second-order valence-electron chi connectivity index (χ2n) is 6.38. The minimum Gasteiger partial charge on any atom is -0.493 e. The molecule has 2 N–H and O–H groups in total. The summed E-state index contributed by atoms with van der Waals surface area (Å²) in [5.41, 5.74) is 2.10. The molecule has 1 aliphatic rings. The maximum Gasteiger partial charge on any atom is 0.319 e. The number of thiophene rings is 1. The van der Waals surface area contributed by atoms with Gasteiger partial charge in [0.05, 0.1) is 14.2 Å². The van der Waals surface area contributed by atoms with Gasteiger partial charge >= 0.3 is 6.03 Å². The lowest BCUT2D eigenvalue weighted by Crippen LogP contribution is -2.40. The van der Waals surface area contributed by atoms with Crippen molar-refractivity contribution in [3.63, 3.8) is 0 Å². The van der Waals surface area contributed by atoms with E-state index in [1.165, 1.54) is 18.4 Å². The van der Waals surface area contributed by atoms with Crippen LogP contribution in [0.2, 0.25) is 0 Å². The standard InChI is InChI=1S/C19H24N2O3S/c1-23-16-6-5-15(11-17(16)24-2)21-18(22)20-13-19(8-3-4-9-19)14-7-10-25-12-14/h5-7,10-12H,3-4,8-9,13H2,1-2H3,(H2,20,21,22). The fraction of sp³-hybridized carbons (Fsp3) is 0.421. The molecule has 25 heavy (non-hydrogen) atoms. The van der Waals surface area contributed by atoms with Crippen molar-refractivity contribution in [2.24, 2.45) is 0 Å². The molecule has 1 saturated carbocycles. The van der Waals surface area contributed by atoms with E-state index < -0.39 is 0 Å². The van der Waals surface area contributed by atoms with Crippen molar-refractivity contribution < 1.29 is 14.3 Å². The first-order chi connectivity index (χ1) is 12.2. The van der Waals surface area contributed by atoms with Crippen LogP contribution in [-0.4, -0.2) is 26.8 Å². The molecule has 0 aliphatic heterocycles. The van der Waals surface area contributed by atoms with Crippen LogP contribution in [0.1, 0.15) is 31.2 Å². The van der Waals surface area contributed by atoms with Crippen molar-refractivity contribution in [3.8, 4) is 11.5 Å². The van der Waals surface area contributed by atoms with Crippen LogP contribution < -0.4 is 20.1 Å². The molecule has 134 valence electrons. The Hall–Kier alpha value is -2.21. The second kappa shape index (κ2) is 7.78. The third kappa shape index (κ3) is 3.90. The van der Waals surface area contributed by atoms with E-state index >= 15 is 0 Å². The van der Waals surface area contributed by atoms with E-state index in [9.17, 15) is 4.79 Å². The minimum absolute atomic E-state index is 0.0783. The molecule has 0 atom stereocenters. The molecule has 1 aliphatic carbocycles. The number of methoxy groups -OCH3 is 2. The number of nitrogens with one attached hydrogen (secondary N) is 2. The van der Waals surface area contributed by atoms with E-state index in [-0.39, 0.29) is 11.4 Å². The Kier molecular flexibility index (Phi) is 5.48. The Morgan fingerprint density at radius 3 is 2.56 bits per heavy atom. The Labute approximate surface area is 152 Å². The molecule has 0 unspecified atom stereocenters. The summed E-state index contributed by atoms with van der Waals surface area (Å²) in [6.07, 6.45) is 4.68. The summed E-state index contributed by atoms with van der Waals surface area (Å²) < 4.78 is 10.5. The summed E-state index contributed by atoms with van der Waals surface area (Å²) in [5, 5.41) is 10.2. The minimum atomic E-state index is -0.200. The molecule has 0 saturated heterocycles. The lowest BCUT2D eigenvalue weighted by atomic mass is 9.80. The van der Waals surface area contributed by atoms with Crippen LogP contribution in [0.5, 0.6) is 11.5 Å². The number of amides is 2. The summed E-state index contributed by atoms with van der Waals surface area (Å²) in [5.74, 6) is 1.22. The van der Waals surface area contributed by atoms with Crippen LogP contribution in [0.15, 0.2) is 35.0 Å². The van der Waals surface area contributed by atoms with Gasteiger partial charge in [-0.3, -0.25) is 0 Å². The summed E-state index contributed by atoms with van der Waals surface area (Å²) in [6, 6.07) is 7.31. The highest BCUT2D eigenvalue weighted by Gasteiger charge is 2.36. The molecule has 0 radical (unpaired) electrons. The van der Waals surface area contributed by atoms with Gasteiger partial charge in [0.15, 0.2) is 11.5 Å². The van der Waals surface area contributed by atoms with Crippen LogP contribution in [0.4, 0.5) is 10.5 Å². The van der Waals surface area contributed by atoms with Crippen LogP contribution >= 0.6 is 11.3 Å². The van der Waals surface area contributed by atoms with E-state index in [1.54, 1.807) is 43.8 Å². The predicted octanol–water partition coefficient (Wildman–Crippen LogP) is 4.40. The normalized spacial score (nSPS) is 15.6. The first kappa shape index (κ1) is 17.6. The van der Waals surface area contributed by atoms with Gasteiger partial charge in [-0.25, -0.2) is 4.79 Å². The van der Waals surface area contributed by atoms with Gasteiger partial charge < -0.3 is 20.1 Å². The average molecular weight is 360 g/mol. The lowest BCUT2D eigenvalue weighted by molar-refractivity contribution is 0.248. The second-order valence-corrected chi connectivity index (χ2v) is 7.16. The van der Waals surface area contributed by atoms with Crippen LogP contribution in [-0.2, 0) is 5.41 Å². The van der Waals surface area contributed by atoms with Crippen molar-refractivity contribution in [3.05, 3.63) is 40.6 Å². The SMILES string of the molecule is COc1ccc(NC(=O)NCC2(c3ccsc3)CCCC2)cc1OC. The molecule has 0 spiro atoms. The van der Waals surface area contributed by atoms with Crippen molar-refractivity contribution in [2.75, 3.05) is 26.1 Å². The van der Waals surface area contributed by atoms with Gasteiger partial charge in [0.25, 0.3) is 0 Å². The zero-order valence-electron chi connectivity index (χ0n) is 14.6. The third-order valence-electron chi connectivity index (χ3n) is 4.92. The highest BCUT2D eigenvalue weighted by molar-refractivity contribution is 7.08. The van der Waals surface area contributed by atoms with Gasteiger partial charge in [0.2, 0.25) is 0 Å². The summed E-state index contributed by atoms with van der Waals surface area (Å²) in [6.45, 7) is 0.656. The molecule has 2 amide bonds. The van der Waals surface area contributed by atoms with Crippen LogP contribution in [0, 0.1) is 0 Å². The van der Waals surface area contributed by atoms with E-state index in [4.69, 9.17) is 9.47 Å². The number of hydrogen-bond acceptors (Lipinski definition) is 4. The summed E-state index contributed by atoms with van der Waals surface area (Å²) in [7, 11) is 3.16. The van der Waals surface area contributed by atoms with E-state index in [2.05, 4.69) is 27.5 Å². The van der Waals surface area contributed by atoms with Gasteiger partial charge in [-0.1, -0.05) is 12.8 Å². The topological polar surface area (TPSA) is 59.6 Å². The van der Waals surface area contributed by atoms with E-state index in [0.717, 1.165) is 12.8 Å². The van der Waals surface area contributed by atoms with Gasteiger partial charge in [0, 0.05) is 23.7 Å². The van der Waals surface area contributed by atoms with Crippen molar-refractivity contribution in [2.45, 2.75) is 31.1 Å². The lowest BCUT2D eigenvalue weighted by Gasteiger charge is -2.28. The predicted molar refractivity (Wildman–Crippen MR) is 101 cm³/mol. The molecule has 6 heteroatoms. The molecule has 1 fully saturated rings. The summed E-state index contributed by atoms with van der Waals surface area (Å²) >= 11 is 1.72. The Bertz CT molecular complexity index is 709. The zero-order valence-corrected chi connectivity index (χ0v) is 15.4. The third-order valence-corrected chi connectivity index (χ3v) is 5.61. The quantitative estimate of drug-likeness (QED) is 0.803. The molecule has 3 rings (SSSR count). The zero-order chi connectivity index (χ0) is 17.7. The average Bonchev–Trinajstić information content (AvgIpc) is 3.32. The Morgan fingerprint density at radius 2 is 1.92 bits per heavy atom. The number of benzene rings is 1. The summed E-state index contributed by atoms with van der Waals surface area (Å²) in [4.78, 5) is 12.3. The van der Waals surface area contributed by atoms with Gasteiger partial charge in [-0.15, -0.1) is 0 Å². The number of carbonyl (C=O) groups is 1. The number of carbonyl (C=O) groups excluding carboxylic acids is 1. The van der Waals surface area contributed by atoms with Gasteiger partial charge in [0.1, 0.15) is 0 Å². The largest absolute Gasteiger partial charge is 0.493 e. The number of anilines is 1. The molecular formula is C19H24N2O3S. The first-order valence-corrected chi connectivity index (χ1v) is 9.41. The highest BCUT2D eigenvalue weighted by Crippen LogP contribution is 2.41. The molecule has 5 nitrogen and oxygen atoms in total. The number of ether oxygens (including phenoxy) is 2. The molecule has 1 heterocycles. The van der Waals surface area contributed by atoms with Crippen molar-refractivity contribution >= 4 is 23.1 Å². The highest BCUT2D eigenvalue weighted by atomic mass is 32.1. The molecule has 2 aromatic rings. The maximum atomic E-state index is 12.3. The fourth-order valence-corrected chi connectivity index (χ4v) is 4.30. The van der Waals surface area contributed by atoms with Gasteiger partial charge in [-0.2, -0.15) is 11.3 Å². The van der Waals surface area contributed by atoms with Crippen molar-refractivity contribution in [1.29, 1.82) is 0 Å². The van der Waals surface area contributed by atoms with Gasteiger partial charge in [-0.05, 0) is 47.4 Å². The molecule has 0 bridgehead atoms. The van der Waals surface area contributed by atoms with Crippen LogP contribution in [0.25, 0.3) is 0 Å². The van der Waals surface area contributed by atoms with Crippen molar-refractivity contribution in [1.82, 2.24) is 5.32 Å². The Morgan fingerprint density at radius 1 is 1.16 bits per heavy atom. The number of rotatable bonds is 6. The van der Waals surface area contributed by atoms with E-state index in [1.807, 2.05) is 0 Å². The molecule has 1 aromatic heterocycles. The van der Waals surface area contributed by atoms with Crippen LogP contribution in [0.3, 0.4) is 0 Å². The fourth-order valence-electron chi connectivity index (χ4n) is 3.52. The molecule has 1 aromatic carbocycles. The van der Waals surface area contributed by atoms with E-state index in [0.29, 0.717) is 23.7 Å². The monoisotopic (exact) mass is 360 g/mol. The number of hydrogen-bond donors (Lipinski definition) is 2. The molecular weight excluding hydrogens is 336 g/mol. The maximum absolute atomic E-state index is 12.3. The number of urea groups is 1. The smallest absolute Gasteiger partial charge is 0.319 e. The Balaban J connectivity index is 1.63. The first-order valence-electron chi connectivity index (χ1n) is 8.46.